The molecule has 0 aromatic carbocycles. The normalized spacial score (nSPS) is 16.1. The van der Waals surface area contributed by atoms with Gasteiger partial charge in [0.25, 0.3) is 5.91 Å². The zero-order chi connectivity index (χ0) is 12.0. The third kappa shape index (κ3) is 1.73. The summed E-state index contributed by atoms with van der Waals surface area (Å²) < 4.78 is 2.24. The zero-order valence-electron chi connectivity index (χ0n) is 8.75. The molecule has 1 aliphatic rings. The average molecular weight is 267 g/mol. The van der Waals surface area contributed by atoms with Gasteiger partial charge in [-0.25, -0.2) is 0 Å². The monoisotopic (exact) mass is 267 g/mol. The van der Waals surface area contributed by atoms with E-state index in [0.29, 0.717) is 18.0 Å². The largest absolute Gasteiger partial charge is 0.481 e. The molecule has 1 fully saturated rings. The maximum absolute atomic E-state index is 12.0. The van der Waals surface area contributed by atoms with E-state index in [0.717, 1.165) is 9.40 Å². The van der Waals surface area contributed by atoms with Crippen LogP contribution < -0.4 is 0 Å². The summed E-state index contributed by atoms with van der Waals surface area (Å²) in [5.74, 6) is -1.25. The summed E-state index contributed by atoms with van der Waals surface area (Å²) in [5, 5.41) is 10.8. The third-order valence-corrected chi connectivity index (χ3v) is 4.95. The van der Waals surface area contributed by atoms with Crippen molar-refractivity contribution in [3.8, 4) is 0 Å². The van der Waals surface area contributed by atoms with Crippen molar-refractivity contribution in [2.45, 2.75) is 0 Å². The Morgan fingerprint density at radius 1 is 1.35 bits per heavy atom. The number of likely N-dealkylation sites (tertiary alicyclic amines) is 1. The SMILES string of the molecule is O=C(O)C1CN(C(=O)c2cc3sccc3s2)C1. The zero-order valence-corrected chi connectivity index (χ0v) is 10.4. The first-order valence-corrected chi connectivity index (χ1v) is 6.84. The Hall–Kier alpha value is -1.40. The maximum Gasteiger partial charge on any atom is 0.310 e. The molecule has 0 spiro atoms. The minimum Gasteiger partial charge on any atom is -0.481 e. The number of thiophene rings is 2. The molecule has 1 N–H and O–H groups in total. The molecular weight excluding hydrogens is 258 g/mol. The van der Waals surface area contributed by atoms with Crippen molar-refractivity contribution in [2.24, 2.45) is 5.92 Å². The first-order chi connectivity index (χ1) is 8.15. The number of carboxylic acids is 1. The standard InChI is InChI=1S/C11H9NO3S2/c13-10(12-4-6(5-12)11(14)15)9-3-8-7(17-9)1-2-16-8/h1-3,6H,4-5H2,(H,14,15). The van der Waals surface area contributed by atoms with Crippen molar-refractivity contribution in [3.05, 3.63) is 22.4 Å². The molecule has 1 aliphatic heterocycles. The van der Waals surface area contributed by atoms with Gasteiger partial charge in [-0.3, -0.25) is 9.59 Å². The van der Waals surface area contributed by atoms with Crippen molar-refractivity contribution in [2.75, 3.05) is 13.1 Å². The molecule has 2 aromatic heterocycles. The number of aliphatic carboxylic acids is 1. The van der Waals surface area contributed by atoms with Gasteiger partial charge < -0.3 is 10.0 Å². The van der Waals surface area contributed by atoms with E-state index < -0.39 is 5.97 Å². The summed E-state index contributed by atoms with van der Waals surface area (Å²) in [6.45, 7) is 0.666. The molecule has 6 heteroatoms. The molecule has 0 saturated carbocycles. The predicted octanol–water partition coefficient (Wildman–Crippen LogP) is 2.12. The smallest absolute Gasteiger partial charge is 0.310 e. The van der Waals surface area contributed by atoms with E-state index in [1.54, 1.807) is 16.2 Å². The lowest BCUT2D eigenvalue weighted by Gasteiger charge is -2.36. The lowest BCUT2D eigenvalue weighted by molar-refractivity contribution is -0.146. The van der Waals surface area contributed by atoms with Gasteiger partial charge >= 0.3 is 5.97 Å². The highest BCUT2D eigenvalue weighted by Crippen LogP contribution is 2.31. The lowest BCUT2D eigenvalue weighted by Crippen LogP contribution is -2.52. The molecule has 1 saturated heterocycles. The average Bonchev–Trinajstić information content (AvgIpc) is 2.72. The Balaban J connectivity index is 1.75. The number of amides is 1. The van der Waals surface area contributed by atoms with Gasteiger partial charge in [-0.05, 0) is 17.5 Å². The van der Waals surface area contributed by atoms with Crippen LogP contribution in [0.4, 0.5) is 0 Å². The fraction of sp³-hybridized carbons (Fsp3) is 0.273. The number of carbonyl (C=O) groups is 2. The van der Waals surface area contributed by atoms with Crippen molar-refractivity contribution < 1.29 is 14.7 Å². The first kappa shape index (κ1) is 10.7. The fourth-order valence-corrected chi connectivity index (χ4v) is 3.90. The lowest BCUT2D eigenvalue weighted by atomic mass is 10.0. The van der Waals surface area contributed by atoms with Gasteiger partial charge in [-0.2, -0.15) is 0 Å². The van der Waals surface area contributed by atoms with Gasteiger partial charge in [-0.15, -0.1) is 22.7 Å². The van der Waals surface area contributed by atoms with E-state index in [9.17, 15) is 9.59 Å². The Labute approximate surface area is 105 Å². The summed E-state index contributed by atoms with van der Waals surface area (Å²) in [5.41, 5.74) is 0. The molecule has 3 heterocycles. The van der Waals surface area contributed by atoms with E-state index in [4.69, 9.17) is 5.11 Å². The Morgan fingerprint density at radius 3 is 2.76 bits per heavy atom. The molecule has 2 aromatic rings. The quantitative estimate of drug-likeness (QED) is 0.906. The second kappa shape index (κ2) is 3.82. The van der Waals surface area contributed by atoms with Gasteiger partial charge in [0.1, 0.15) is 0 Å². The first-order valence-electron chi connectivity index (χ1n) is 5.14. The number of nitrogens with zero attached hydrogens (tertiary/aromatic N) is 1. The Kier molecular flexibility index (Phi) is 2.41. The van der Waals surface area contributed by atoms with Gasteiger partial charge in [-0.1, -0.05) is 0 Å². The summed E-state index contributed by atoms with van der Waals surface area (Å²) in [4.78, 5) is 25.0. The van der Waals surface area contributed by atoms with E-state index in [2.05, 4.69) is 0 Å². The van der Waals surface area contributed by atoms with Crippen LogP contribution in [0.25, 0.3) is 9.40 Å². The topological polar surface area (TPSA) is 57.6 Å². The van der Waals surface area contributed by atoms with E-state index in [1.807, 2.05) is 17.5 Å². The Morgan fingerprint density at radius 2 is 2.12 bits per heavy atom. The number of carbonyl (C=O) groups excluding carboxylic acids is 1. The molecule has 1 amide bonds. The van der Waals surface area contributed by atoms with Crippen LogP contribution in [-0.4, -0.2) is 35.0 Å². The van der Waals surface area contributed by atoms with E-state index in [1.165, 1.54) is 11.3 Å². The van der Waals surface area contributed by atoms with Crippen LogP contribution in [0.5, 0.6) is 0 Å². The summed E-state index contributed by atoms with van der Waals surface area (Å²) in [6.07, 6.45) is 0. The molecule has 0 aliphatic carbocycles. The highest BCUT2D eigenvalue weighted by Gasteiger charge is 2.36. The van der Waals surface area contributed by atoms with E-state index >= 15 is 0 Å². The van der Waals surface area contributed by atoms with Crippen LogP contribution in [0, 0.1) is 5.92 Å². The Bertz CT molecular complexity index is 566. The number of rotatable bonds is 2. The van der Waals surface area contributed by atoms with Gasteiger partial charge in [0.2, 0.25) is 0 Å². The molecule has 17 heavy (non-hydrogen) atoms. The van der Waals surface area contributed by atoms with Crippen LogP contribution in [0.3, 0.4) is 0 Å². The number of hydrogen-bond donors (Lipinski definition) is 1. The number of carboxylic acid groups (broad SMARTS) is 1. The summed E-state index contributed by atoms with van der Waals surface area (Å²) in [6, 6.07) is 3.89. The molecule has 0 atom stereocenters. The highest BCUT2D eigenvalue weighted by molar-refractivity contribution is 7.27. The third-order valence-electron chi connectivity index (χ3n) is 2.87. The number of fused-ring (bicyclic) bond motifs is 1. The molecule has 3 rings (SSSR count). The van der Waals surface area contributed by atoms with Crippen molar-refractivity contribution in [1.29, 1.82) is 0 Å². The minimum absolute atomic E-state index is 0.0455. The molecule has 0 bridgehead atoms. The van der Waals surface area contributed by atoms with Gasteiger partial charge in [0.15, 0.2) is 0 Å². The van der Waals surface area contributed by atoms with Crippen molar-refractivity contribution in [3.63, 3.8) is 0 Å². The maximum atomic E-state index is 12.0. The van der Waals surface area contributed by atoms with Crippen molar-refractivity contribution in [1.82, 2.24) is 4.90 Å². The number of hydrogen-bond acceptors (Lipinski definition) is 4. The second-order valence-electron chi connectivity index (χ2n) is 4.01. The highest BCUT2D eigenvalue weighted by atomic mass is 32.1. The summed E-state index contributed by atoms with van der Waals surface area (Å²) >= 11 is 3.08. The van der Waals surface area contributed by atoms with Crippen LogP contribution in [0.15, 0.2) is 17.5 Å². The van der Waals surface area contributed by atoms with Crippen LogP contribution in [0.1, 0.15) is 9.67 Å². The molecule has 4 nitrogen and oxygen atoms in total. The van der Waals surface area contributed by atoms with Crippen LogP contribution in [-0.2, 0) is 4.79 Å². The van der Waals surface area contributed by atoms with E-state index in [-0.39, 0.29) is 11.8 Å². The molecule has 0 unspecified atom stereocenters. The fourth-order valence-electron chi connectivity index (χ4n) is 1.83. The van der Waals surface area contributed by atoms with Crippen molar-refractivity contribution >= 4 is 43.9 Å². The molecule has 88 valence electrons. The van der Waals surface area contributed by atoms with Crippen LogP contribution in [0.2, 0.25) is 0 Å². The van der Waals surface area contributed by atoms with Gasteiger partial charge in [0, 0.05) is 22.5 Å². The van der Waals surface area contributed by atoms with Crippen LogP contribution >= 0.6 is 22.7 Å². The second-order valence-corrected chi connectivity index (χ2v) is 6.04. The summed E-state index contributed by atoms with van der Waals surface area (Å²) in [7, 11) is 0. The predicted molar refractivity (Wildman–Crippen MR) is 66.7 cm³/mol. The molecular formula is C11H9NO3S2. The van der Waals surface area contributed by atoms with Gasteiger partial charge in [0.05, 0.1) is 10.8 Å². The molecule has 0 radical (unpaired) electrons. The minimum atomic E-state index is -0.818.